The predicted molar refractivity (Wildman–Crippen MR) is 71.7 cm³/mol. The van der Waals surface area contributed by atoms with E-state index >= 15 is 0 Å². The van der Waals surface area contributed by atoms with Crippen LogP contribution in [0.2, 0.25) is 0 Å². The molecule has 0 atom stereocenters. The summed E-state index contributed by atoms with van der Waals surface area (Å²) in [5.74, 6) is -0.588. The SMILES string of the molecule is CNC(=O)c1ccc(Oc2ccc(C=O)cc2)c(F)c1. The number of ether oxygens (including phenoxy) is 1. The molecule has 0 saturated heterocycles. The summed E-state index contributed by atoms with van der Waals surface area (Å²) in [6.45, 7) is 0. The largest absolute Gasteiger partial charge is 0.454 e. The molecular formula is C15H12FNO3. The van der Waals surface area contributed by atoms with Gasteiger partial charge in [-0.25, -0.2) is 4.39 Å². The number of hydrogen-bond donors (Lipinski definition) is 1. The number of amides is 1. The average molecular weight is 273 g/mol. The summed E-state index contributed by atoms with van der Waals surface area (Å²) in [4.78, 5) is 21.9. The number of hydrogen-bond acceptors (Lipinski definition) is 3. The van der Waals surface area contributed by atoms with Gasteiger partial charge in [-0.1, -0.05) is 0 Å². The minimum absolute atomic E-state index is 0.0107. The molecule has 0 saturated carbocycles. The summed E-state index contributed by atoms with van der Waals surface area (Å²) >= 11 is 0. The maximum absolute atomic E-state index is 13.8. The van der Waals surface area contributed by atoms with Gasteiger partial charge in [-0.05, 0) is 42.5 Å². The Hall–Kier alpha value is -2.69. The van der Waals surface area contributed by atoms with Gasteiger partial charge in [0.1, 0.15) is 12.0 Å². The highest BCUT2D eigenvalue weighted by atomic mass is 19.1. The number of carbonyl (C=O) groups excluding carboxylic acids is 2. The first-order chi connectivity index (χ1) is 9.63. The molecule has 2 aromatic rings. The monoisotopic (exact) mass is 273 g/mol. The summed E-state index contributed by atoms with van der Waals surface area (Å²) in [5, 5.41) is 2.41. The molecule has 0 radical (unpaired) electrons. The zero-order chi connectivity index (χ0) is 14.5. The van der Waals surface area contributed by atoms with Crippen molar-refractivity contribution < 1.29 is 18.7 Å². The molecule has 1 amide bonds. The van der Waals surface area contributed by atoms with Crippen LogP contribution in [0.25, 0.3) is 0 Å². The average Bonchev–Trinajstić information content (AvgIpc) is 2.49. The number of nitrogens with one attached hydrogen (secondary N) is 1. The quantitative estimate of drug-likeness (QED) is 0.871. The van der Waals surface area contributed by atoms with Gasteiger partial charge >= 0.3 is 0 Å². The van der Waals surface area contributed by atoms with E-state index in [0.717, 1.165) is 6.07 Å². The zero-order valence-electron chi connectivity index (χ0n) is 10.7. The third-order valence-electron chi connectivity index (χ3n) is 2.67. The lowest BCUT2D eigenvalue weighted by atomic mass is 10.2. The number of rotatable bonds is 4. The molecule has 4 nitrogen and oxygen atoms in total. The van der Waals surface area contributed by atoms with Crippen molar-refractivity contribution in [2.75, 3.05) is 7.05 Å². The Morgan fingerprint density at radius 3 is 2.45 bits per heavy atom. The number of benzene rings is 2. The second-order valence-electron chi connectivity index (χ2n) is 4.01. The molecule has 2 rings (SSSR count). The third-order valence-corrected chi connectivity index (χ3v) is 2.67. The Kier molecular flexibility index (Phi) is 4.10. The number of aldehydes is 1. The van der Waals surface area contributed by atoms with E-state index in [2.05, 4.69) is 5.32 Å². The highest BCUT2D eigenvalue weighted by Gasteiger charge is 2.10. The van der Waals surface area contributed by atoms with E-state index < -0.39 is 5.82 Å². The van der Waals surface area contributed by atoms with Gasteiger partial charge in [0.05, 0.1) is 0 Å². The lowest BCUT2D eigenvalue weighted by Gasteiger charge is -2.08. The van der Waals surface area contributed by atoms with Crippen LogP contribution in [0.3, 0.4) is 0 Å². The lowest BCUT2D eigenvalue weighted by molar-refractivity contribution is 0.0962. The third kappa shape index (κ3) is 3.00. The molecule has 0 aliphatic heterocycles. The zero-order valence-corrected chi connectivity index (χ0v) is 10.7. The van der Waals surface area contributed by atoms with Crippen molar-refractivity contribution >= 4 is 12.2 Å². The molecule has 5 heteroatoms. The Morgan fingerprint density at radius 2 is 1.90 bits per heavy atom. The van der Waals surface area contributed by atoms with Crippen LogP contribution in [0.15, 0.2) is 42.5 Å². The number of halogens is 1. The van der Waals surface area contributed by atoms with Gasteiger partial charge in [0.15, 0.2) is 11.6 Å². The van der Waals surface area contributed by atoms with E-state index in [-0.39, 0.29) is 17.2 Å². The van der Waals surface area contributed by atoms with Gasteiger partial charge in [0.2, 0.25) is 0 Å². The summed E-state index contributed by atoms with van der Waals surface area (Å²) in [5.41, 5.74) is 0.724. The van der Waals surface area contributed by atoms with Gasteiger partial charge in [-0.3, -0.25) is 9.59 Å². The molecule has 20 heavy (non-hydrogen) atoms. The van der Waals surface area contributed by atoms with Gasteiger partial charge in [0, 0.05) is 18.2 Å². The topological polar surface area (TPSA) is 55.4 Å². The van der Waals surface area contributed by atoms with Crippen molar-refractivity contribution in [3.63, 3.8) is 0 Å². The van der Waals surface area contributed by atoms with Gasteiger partial charge < -0.3 is 10.1 Å². The minimum Gasteiger partial charge on any atom is -0.454 e. The fourth-order valence-electron chi connectivity index (χ4n) is 1.61. The molecule has 0 heterocycles. The second kappa shape index (κ2) is 5.97. The van der Waals surface area contributed by atoms with Crippen molar-refractivity contribution in [2.45, 2.75) is 0 Å². The lowest BCUT2D eigenvalue weighted by Crippen LogP contribution is -2.17. The van der Waals surface area contributed by atoms with Gasteiger partial charge in [-0.15, -0.1) is 0 Å². The van der Waals surface area contributed by atoms with Crippen LogP contribution in [0, 0.1) is 5.82 Å². The van der Waals surface area contributed by atoms with Crippen molar-refractivity contribution in [1.29, 1.82) is 0 Å². The summed E-state index contributed by atoms with van der Waals surface area (Å²) < 4.78 is 19.2. The molecule has 102 valence electrons. The fraction of sp³-hybridized carbons (Fsp3) is 0.0667. The summed E-state index contributed by atoms with van der Waals surface area (Å²) in [6, 6.07) is 10.2. The Morgan fingerprint density at radius 1 is 1.20 bits per heavy atom. The highest BCUT2D eigenvalue weighted by Crippen LogP contribution is 2.25. The fourth-order valence-corrected chi connectivity index (χ4v) is 1.61. The molecule has 0 aromatic heterocycles. The molecule has 2 aromatic carbocycles. The van der Waals surface area contributed by atoms with Crippen LogP contribution in [0.4, 0.5) is 4.39 Å². The molecule has 0 spiro atoms. The number of carbonyl (C=O) groups is 2. The molecule has 0 unspecified atom stereocenters. The van der Waals surface area contributed by atoms with E-state index in [4.69, 9.17) is 4.74 Å². The predicted octanol–water partition coefficient (Wildman–Crippen LogP) is 2.79. The van der Waals surface area contributed by atoms with Crippen molar-refractivity contribution in [1.82, 2.24) is 5.32 Å². The smallest absolute Gasteiger partial charge is 0.251 e. The highest BCUT2D eigenvalue weighted by molar-refractivity contribution is 5.94. The van der Waals surface area contributed by atoms with Crippen molar-refractivity contribution in [2.24, 2.45) is 0 Å². The first-order valence-electron chi connectivity index (χ1n) is 5.89. The van der Waals surface area contributed by atoms with E-state index in [0.29, 0.717) is 17.6 Å². The summed E-state index contributed by atoms with van der Waals surface area (Å²) in [6.07, 6.45) is 0.711. The van der Waals surface area contributed by atoms with Crippen LogP contribution >= 0.6 is 0 Å². The van der Waals surface area contributed by atoms with Crippen LogP contribution in [-0.2, 0) is 0 Å². The summed E-state index contributed by atoms with van der Waals surface area (Å²) in [7, 11) is 1.47. The van der Waals surface area contributed by atoms with Crippen LogP contribution in [0.5, 0.6) is 11.5 Å². The second-order valence-corrected chi connectivity index (χ2v) is 4.01. The van der Waals surface area contributed by atoms with E-state index in [9.17, 15) is 14.0 Å². The molecule has 0 aliphatic rings. The van der Waals surface area contributed by atoms with E-state index in [1.807, 2.05) is 0 Å². The molecular weight excluding hydrogens is 261 g/mol. The molecule has 0 aliphatic carbocycles. The van der Waals surface area contributed by atoms with E-state index in [1.54, 1.807) is 24.3 Å². The Bertz CT molecular complexity index is 638. The van der Waals surface area contributed by atoms with Gasteiger partial charge in [0.25, 0.3) is 5.91 Å². The van der Waals surface area contributed by atoms with Crippen LogP contribution < -0.4 is 10.1 Å². The first-order valence-corrected chi connectivity index (χ1v) is 5.89. The minimum atomic E-state index is -0.634. The standard InChI is InChI=1S/C15H12FNO3/c1-17-15(19)11-4-7-14(13(16)8-11)20-12-5-2-10(9-18)3-6-12/h2-9H,1H3,(H,17,19). The first kappa shape index (κ1) is 13.7. The molecule has 0 fully saturated rings. The normalized spacial score (nSPS) is 9.90. The van der Waals surface area contributed by atoms with Crippen LogP contribution in [-0.4, -0.2) is 19.2 Å². The Balaban J connectivity index is 2.20. The van der Waals surface area contributed by atoms with Crippen LogP contribution in [0.1, 0.15) is 20.7 Å². The van der Waals surface area contributed by atoms with Gasteiger partial charge in [-0.2, -0.15) is 0 Å². The maximum Gasteiger partial charge on any atom is 0.251 e. The van der Waals surface area contributed by atoms with E-state index in [1.165, 1.54) is 19.2 Å². The van der Waals surface area contributed by atoms with Crippen molar-refractivity contribution in [3.8, 4) is 11.5 Å². The molecule has 1 N–H and O–H groups in total. The Labute approximate surface area is 115 Å². The molecule has 0 bridgehead atoms. The maximum atomic E-state index is 13.8. The van der Waals surface area contributed by atoms with Crippen molar-refractivity contribution in [3.05, 3.63) is 59.4 Å².